The molecule has 1 aromatic rings. The first-order valence-electron chi connectivity index (χ1n) is 22.4. The minimum absolute atomic E-state index is 0.0268. The number of carbonyl (C=O) groups is 9. The molecule has 0 spiro atoms. The van der Waals surface area contributed by atoms with E-state index < -0.39 is 119 Å². The number of cyclic esters (lactones) is 1. The molecule has 0 radical (unpaired) electrons. The number of hydrogen-bond donors (Lipinski definition) is 6. The van der Waals surface area contributed by atoms with Gasteiger partial charge in [0.2, 0.25) is 35.4 Å². The number of phenolic OH excluding ortho intramolecular Hbond substituents is 1. The van der Waals surface area contributed by atoms with Crippen molar-refractivity contribution < 1.29 is 53.0 Å². The molecule has 0 saturated carbocycles. The molecule has 1 saturated heterocycles. The third-order valence-corrected chi connectivity index (χ3v) is 11.8. The van der Waals surface area contributed by atoms with E-state index in [0.717, 1.165) is 0 Å². The zero-order valence-corrected chi connectivity index (χ0v) is 39.2. The summed E-state index contributed by atoms with van der Waals surface area (Å²) in [6.45, 7) is 15.1. The Labute approximate surface area is 381 Å². The predicted molar refractivity (Wildman–Crippen MR) is 240 cm³/mol. The maximum atomic E-state index is 14.8. The molecule has 65 heavy (non-hydrogen) atoms. The number of esters is 1. The van der Waals surface area contributed by atoms with Crippen LogP contribution in [0.3, 0.4) is 0 Å². The van der Waals surface area contributed by atoms with Gasteiger partial charge in [0, 0.05) is 32.0 Å². The third kappa shape index (κ3) is 14.7. The van der Waals surface area contributed by atoms with Gasteiger partial charge in [-0.25, -0.2) is 9.79 Å². The van der Waals surface area contributed by atoms with Crippen LogP contribution in [0.25, 0.3) is 0 Å². The number of nitrogens with zero attached hydrogens (tertiary/aromatic N) is 3. The van der Waals surface area contributed by atoms with E-state index in [9.17, 15) is 48.3 Å². The standard InChI is InChI=1S/C46H68N8O11/c1-11-26(7)36-46(64)65-28(9)37(52-40(58)31(19-20-35(47)56)48-39(57)25(5)6)43(61)50-33(22-24(3)4)41(59)49-32-14-13-21-54(44(32)62)38(27(8)12-2)45(63)53(10)34(42(60)51-36)23-29-15-17-30(55)18-16-29/h13,15-18,21,24-28,31-34,36,38,55H,11-12,14,19-20,22-23H2,1-10H3,(H2,47,56)(H,48,57)(H,49,59)(H,50,61)(H,51,60). The molecule has 9 unspecified atom stereocenters. The van der Waals surface area contributed by atoms with Crippen LogP contribution in [0.2, 0.25) is 0 Å². The highest BCUT2D eigenvalue weighted by atomic mass is 16.5. The summed E-state index contributed by atoms with van der Waals surface area (Å²) in [5.74, 6) is -9.11. The summed E-state index contributed by atoms with van der Waals surface area (Å²) in [4.78, 5) is 132. The number of fused-ring (bicyclic) bond motifs is 2. The number of aliphatic imine (C=N–C) groups is 1. The first kappa shape index (κ1) is 53.2. The maximum Gasteiger partial charge on any atom is 0.329 e. The van der Waals surface area contributed by atoms with E-state index in [4.69, 9.17) is 10.5 Å². The van der Waals surface area contributed by atoms with Gasteiger partial charge in [-0.05, 0) is 61.6 Å². The molecule has 0 aromatic heterocycles. The molecule has 19 heteroatoms. The van der Waals surface area contributed by atoms with Crippen LogP contribution in [0.4, 0.5) is 0 Å². The Bertz CT molecular complexity index is 1980. The van der Waals surface area contributed by atoms with Crippen molar-refractivity contribution in [2.45, 2.75) is 150 Å². The first-order chi connectivity index (χ1) is 30.5. The second kappa shape index (κ2) is 24.2. The number of nitrogens with two attached hydrogens (primary N) is 1. The van der Waals surface area contributed by atoms with E-state index in [1.807, 2.05) is 6.92 Å². The van der Waals surface area contributed by atoms with Crippen LogP contribution in [0.5, 0.6) is 5.75 Å². The molecule has 8 amide bonds. The number of nitrogens with one attached hydrogen (secondary N) is 4. The summed E-state index contributed by atoms with van der Waals surface area (Å²) in [5.41, 5.74) is 5.24. The van der Waals surface area contributed by atoms with Gasteiger partial charge in [0.1, 0.15) is 53.8 Å². The topological polar surface area (TPSA) is 276 Å². The SMILES string of the molecule is CCC(C)C1NC(=O)C(Cc2ccc(O)cc2)N(C)C(=O)C(C(C)CC)N2C=CCC(NC(=O)C(CC(C)C)NC(=O)C(=NC(=O)C(CCC(N)=O)NC(=O)C(C)C)C(C)OC1=O)C2=O. The average Bonchev–Trinajstić information content (AvgIpc) is 3.25. The number of amides is 8. The minimum atomic E-state index is -1.62. The third-order valence-electron chi connectivity index (χ3n) is 11.8. The fourth-order valence-corrected chi connectivity index (χ4v) is 7.33. The summed E-state index contributed by atoms with van der Waals surface area (Å²) < 4.78 is 5.85. The molecule has 2 aliphatic rings. The molecular formula is C46H68N8O11. The van der Waals surface area contributed by atoms with Crippen molar-refractivity contribution in [1.29, 1.82) is 0 Å². The van der Waals surface area contributed by atoms with Gasteiger partial charge in [0.15, 0.2) is 0 Å². The number of carbonyl (C=O) groups excluding carboxylic acids is 9. The second-order valence-corrected chi connectivity index (χ2v) is 17.8. The van der Waals surface area contributed by atoms with E-state index in [2.05, 4.69) is 26.3 Å². The predicted octanol–water partition coefficient (Wildman–Crippen LogP) is 1.79. The highest BCUT2D eigenvalue weighted by Crippen LogP contribution is 2.25. The van der Waals surface area contributed by atoms with Crippen molar-refractivity contribution in [3.63, 3.8) is 0 Å². The molecule has 358 valence electrons. The van der Waals surface area contributed by atoms with Crippen LogP contribution < -0.4 is 27.0 Å². The maximum absolute atomic E-state index is 14.8. The lowest BCUT2D eigenvalue weighted by Crippen LogP contribution is -2.61. The normalized spacial score (nSPS) is 24.8. The number of primary amides is 1. The summed E-state index contributed by atoms with van der Waals surface area (Å²) >= 11 is 0. The fraction of sp³-hybridized carbons (Fsp3) is 0.609. The van der Waals surface area contributed by atoms with Gasteiger partial charge in [-0.3, -0.25) is 38.4 Å². The van der Waals surface area contributed by atoms with Gasteiger partial charge in [-0.15, -0.1) is 0 Å². The number of rotatable bonds is 14. The lowest BCUT2D eigenvalue weighted by atomic mass is 9.93. The zero-order chi connectivity index (χ0) is 48.9. The molecule has 2 bridgehead atoms. The Morgan fingerprint density at radius 3 is 2.11 bits per heavy atom. The van der Waals surface area contributed by atoms with Crippen LogP contribution in [-0.2, 0) is 54.3 Å². The van der Waals surface area contributed by atoms with E-state index in [1.165, 1.54) is 42.1 Å². The molecular weight excluding hydrogens is 841 g/mol. The lowest BCUT2D eigenvalue weighted by Gasteiger charge is -2.40. The quantitative estimate of drug-likeness (QED) is 0.147. The summed E-state index contributed by atoms with van der Waals surface area (Å²) in [6, 6.07) is -1.71. The Morgan fingerprint density at radius 2 is 1.54 bits per heavy atom. The van der Waals surface area contributed by atoms with Crippen molar-refractivity contribution in [3.05, 3.63) is 42.1 Å². The van der Waals surface area contributed by atoms with Crippen LogP contribution in [0.1, 0.15) is 106 Å². The largest absolute Gasteiger partial charge is 0.508 e. The van der Waals surface area contributed by atoms with Gasteiger partial charge in [0.05, 0.1) is 0 Å². The molecule has 2 heterocycles. The molecule has 1 aromatic carbocycles. The van der Waals surface area contributed by atoms with Crippen LogP contribution in [0.15, 0.2) is 41.5 Å². The molecule has 3 rings (SSSR count). The van der Waals surface area contributed by atoms with E-state index in [1.54, 1.807) is 66.7 Å². The lowest BCUT2D eigenvalue weighted by molar-refractivity contribution is -0.153. The Morgan fingerprint density at radius 1 is 0.908 bits per heavy atom. The summed E-state index contributed by atoms with van der Waals surface area (Å²) in [7, 11) is 1.43. The number of hydrogen-bond acceptors (Lipinski definition) is 11. The Kier molecular flexibility index (Phi) is 19.8. The van der Waals surface area contributed by atoms with E-state index in [0.29, 0.717) is 18.4 Å². The van der Waals surface area contributed by atoms with Crippen LogP contribution in [0, 0.1) is 23.7 Å². The van der Waals surface area contributed by atoms with Gasteiger partial charge in [0.25, 0.3) is 11.8 Å². The van der Waals surface area contributed by atoms with Gasteiger partial charge >= 0.3 is 5.97 Å². The van der Waals surface area contributed by atoms with E-state index in [-0.39, 0.29) is 43.8 Å². The molecule has 2 aliphatic heterocycles. The highest BCUT2D eigenvalue weighted by molar-refractivity contribution is 6.42. The number of ether oxygens (including phenoxy) is 1. The molecule has 1 fully saturated rings. The van der Waals surface area contributed by atoms with Crippen LogP contribution >= 0.6 is 0 Å². The second-order valence-electron chi connectivity index (χ2n) is 17.8. The monoisotopic (exact) mass is 909 g/mol. The zero-order valence-electron chi connectivity index (χ0n) is 39.2. The smallest absolute Gasteiger partial charge is 0.329 e. The fourth-order valence-electron chi connectivity index (χ4n) is 7.33. The van der Waals surface area contributed by atoms with Gasteiger partial charge in [-0.2, -0.15) is 0 Å². The summed E-state index contributed by atoms with van der Waals surface area (Å²) in [6.07, 6.45) is 1.69. The van der Waals surface area contributed by atoms with Crippen molar-refractivity contribution in [2.24, 2.45) is 34.4 Å². The molecule has 19 nitrogen and oxygen atoms in total. The first-order valence-corrected chi connectivity index (χ1v) is 22.4. The van der Waals surface area contributed by atoms with Crippen molar-refractivity contribution in [1.82, 2.24) is 31.1 Å². The molecule has 7 N–H and O–H groups in total. The van der Waals surface area contributed by atoms with Crippen molar-refractivity contribution >= 4 is 58.9 Å². The van der Waals surface area contributed by atoms with Gasteiger partial charge in [-0.1, -0.05) is 86.4 Å². The number of phenols is 1. The molecule has 9 atom stereocenters. The minimum Gasteiger partial charge on any atom is -0.508 e. The van der Waals surface area contributed by atoms with Gasteiger partial charge < -0.3 is 46.6 Å². The summed E-state index contributed by atoms with van der Waals surface area (Å²) in [5, 5.41) is 20.6. The number of benzene rings is 1. The van der Waals surface area contributed by atoms with Crippen LogP contribution in [-0.4, -0.2) is 123 Å². The molecule has 0 aliphatic carbocycles. The number of likely N-dealkylation sites (N-methyl/N-ethyl adjacent to an activating group) is 1. The van der Waals surface area contributed by atoms with Crippen molar-refractivity contribution in [3.8, 4) is 5.75 Å². The number of aromatic hydroxyl groups is 1. The van der Waals surface area contributed by atoms with Crippen molar-refractivity contribution in [2.75, 3.05) is 7.05 Å². The Hall–Kier alpha value is -6.14. The average molecular weight is 909 g/mol. The van der Waals surface area contributed by atoms with E-state index >= 15 is 0 Å². The highest BCUT2D eigenvalue weighted by Gasteiger charge is 2.43. The Balaban J connectivity index is 2.30.